The third kappa shape index (κ3) is 2.72. The molecule has 0 radical (unpaired) electrons. The minimum absolute atomic E-state index is 0.0229. The first-order chi connectivity index (χ1) is 8.31. The van der Waals surface area contributed by atoms with Crippen molar-refractivity contribution < 1.29 is 4.79 Å². The molecule has 2 aromatic carbocycles. The molecule has 0 aliphatic rings. The van der Waals surface area contributed by atoms with Gasteiger partial charge in [0.1, 0.15) is 0 Å². The van der Waals surface area contributed by atoms with Crippen LogP contribution in [-0.2, 0) is 0 Å². The van der Waals surface area contributed by atoms with Crippen LogP contribution in [0.5, 0.6) is 0 Å². The van der Waals surface area contributed by atoms with E-state index in [-0.39, 0.29) is 5.91 Å². The Morgan fingerprint density at radius 2 is 1.71 bits per heavy atom. The maximum atomic E-state index is 11.7. The number of nitrogens with one attached hydrogen (secondary N) is 1. The maximum Gasteiger partial charge on any atom is 0.251 e. The summed E-state index contributed by atoms with van der Waals surface area (Å²) in [5.74, 6) is -0.0229. The summed E-state index contributed by atoms with van der Waals surface area (Å²) in [5, 5.41) is 2.80. The molecule has 0 atom stereocenters. The number of hydrogen-bond acceptors (Lipinski definition) is 1. The smallest absolute Gasteiger partial charge is 0.251 e. The van der Waals surface area contributed by atoms with Crippen LogP contribution < -0.4 is 5.32 Å². The van der Waals surface area contributed by atoms with Gasteiger partial charge in [0.15, 0.2) is 0 Å². The van der Waals surface area contributed by atoms with Gasteiger partial charge in [0, 0.05) is 12.1 Å². The van der Waals surface area contributed by atoms with Crippen LogP contribution >= 0.6 is 0 Å². The van der Waals surface area contributed by atoms with E-state index in [2.05, 4.69) is 5.32 Å². The van der Waals surface area contributed by atoms with Gasteiger partial charge in [-0.05, 0) is 30.2 Å². The molecule has 0 aromatic heterocycles. The molecule has 1 amide bonds. The van der Waals surface area contributed by atoms with Crippen molar-refractivity contribution in [2.75, 3.05) is 6.54 Å². The highest BCUT2D eigenvalue weighted by Gasteiger charge is 2.05. The van der Waals surface area contributed by atoms with Crippen molar-refractivity contribution in [3.8, 4) is 11.1 Å². The van der Waals surface area contributed by atoms with Crippen molar-refractivity contribution in [1.29, 1.82) is 0 Å². The van der Waals surface area contributed by atoms with Gasteiger partial charge >= 0.3 is 0 Å². The first-order valence-corrected chi connectivity index (χ1v) is 5.75. The van der Waals surface area contributed by atoms with Gasteiger partial charge in [0.05, 0.1) is 0 Å². The fourth-order valence-electron chi connectivity index (χ4n) is 1.73. The molecule has 2 heteroatoms. The van der Waals surface area contributed by atoms with Gasteiger partial charge in [-0.2, -0.15) is 0 Å². The zero-order chi connectivity index (χ0) is 12.1. The Morgan fingerprint density at radius 3 is 2.41 bits per heavy atom. The molecule has 0 saturated heterocycles. The minimum atomic E-state index is -0.0229. The molecule has 0 spiro atoms. The van der Waals surface area contributed by atoms with Crippen molar-refractivity contribution in [1.82, 2.24) is 5.32 Å². The summed E-state index contributed by atoms with van der Waals surface area (Å²) in [6.45, 7) is 2.56. The zero-order valence-electron chi connectivity index (χ0n) is 9.81. The lowest BCUT2D eigenvalue weighted by atomic mass is 10.0. The van der Waals surface area contributed by atoms with E-state index in [1.165, 1.54) is 0 Å². The Hall–Kier alpha value is -2.09. The monoisotopic (exact) mass is 225 g/mol. The van der Waals surface area contributed by atoms with Crippen molar-refractivity contribution >= 4 is 5.91 Å². The molecule has 0 heterocycles. The Balaban J connectivity index is 2.32. The second kappa shape index (κ2) is 5.30. The third-order valence-electron chi connectivity index (χ3n) is 2.57. The molecule has 0 aliphatic carbocycles. The molecule has 2 nitrogen and oxygen atoms in total. The summed E-state index contributed by atoms with van der Waals surface area (Å²) >= 11 is 0. The van der Waals surface area contributed by atoms with Gasteiger partial charge in [0.2, 0.25) is 0 Å². The van der Waals surface area contributed by atoms with Gasteiger partial charge in [-0.1, -0.05) is 42.5 Å². The number of hydrogen-bond donors (Lipinski definition) is 1. The predicted octanol–water partition coefficient (Wildman–Crippen LogP) is 3.10. The van der Waals surface area contributed by atoms with Crippen molar-refractivity contribution in [2.24, 2.45) is 0 Å². The van der Waals surface area contributed by atoms with Crippen LogP contribution in [0.2, 0.25) is 0 Å². The molecular formula is C15H15NO. The quantitative estimate of drug-likeness (QED) is 0.854. The lowest BCUT2D eigenvalue weighted by molar-refractivity contribution is 0.0956. The molecule has 0 bridgehead atoms. The Bertz CT molecular complexity index is 505. The number of rotatable bonds is 3. The summed E-state index contributed by atoms with van der Waals surface area (Å²) in [7, 11) is 0. The summed E-state index contributed by atoms with van der Waals surface area (Å²) < 4.78 is 0. The topological polar surface area (TPSA) is 29.1 Å². The molecule has 86 valence electrons. The first kappa shape index (κ1) is 11.4. The van der Waals surface area contributed by atoms with Crippen LogP contribution in [0.3, 0.4) is 0 Å². The standard InChI is InChI=1S/C15H15NO/c1-2-16-15(17)14-10-6-9-13(11-14)12-7-4-3-5-8-12/h3-11H,2H2,1H3,(H,16,17). The summed E-state index contributed by atoms with van der Waals surface area (Å²) in [4.78, 5) is 11.7. The number of carbonyl (C=O) groups excluding carboxylic acids is 1. The lowest BCUT2D eigenvalue weighted by Crippen LogP contribution is -2.22. The molecule has 1 N–H and O–H groups in total. The Labute approximate surface area is 101 Å². The van der Waals surface area contributed by atoms with E-state index in [0.29, 0.717) is 12.1 Å². The van der Waals surface area contributed by atoms with E-state index in [0.717, 1.165) is 11.1 Å². The van der Waals surface area contributed by atoms with E-state index >= 15 is 0 Å². The molecular weight excluding hydrogens is 210 g/mol. The Kier molecular flexibility index (Phi) is 3.55. The summed E-state index contributed by atoms with van der Waals surface area (Å²) in [5.41, 5.74) is 2.89. The highest BCUT2D eigenvalue weighted by atomic mass is 16.1. The van der Waals surface area contributed by atoms with Crippen molar-refractivity contribution in [3.05, 3.63) is 60.2 Å². The Morgan fingerprint density at radius 1 is 1.00 bits per heavy atom. The lowest BCUT2D eigenvalue weighted by Gasteiger charge is -2.05. The van der Waals surface area contributed by atoms with Crippen LogP contribution in [0.1, 0.15) is 17.3 Å². The average Bonchev–Trinajstić information content (AvgIpc) is 2.40. The summed E-state index contributed by atoms with van der Waals surface area (Å²) in [6, 6.07) is 17.7. The van der Waals surface area contributed by atoms with Crippen LogP contribution in [0.25, 0.3) is 11.1 Å². The van der Waals surface area contributed by atoms with E-state index in [9.17, 15) is 4.79 Å². The largest absolute Gasteiger partial charge is 0.352 e. The van der Waals surface area contributed by atoms with Crippen LogP contribution in [-0.4, -0.2) is 12.5 Å². The number of benzene rings is 2. The van der Waals surface area contributed by atoms with Crippen LogP contribution in [0.15, 0.2) is 54.6 Å². The van der Waals surface area contributed by atoms with Gasteiger partial charge in [-0.25, -0.2) is 0 Å². The van der Waals surface area contributed by atoms with E-state index in [4.69, 9.17) is 0 Å². The van der Waals surface area contributed by atoms with Gasteiger partial charge < -0.3 is 5.32 Å². The molecule has 17 heavy (non-hydrogen) atoms. The maximum absolute atomic E-state index is 11.7. The first-order valence-electron chi connectivity index (χ1n) is 5.75. The molecule has 2 rings (SSSR count). The molecule has 0 fully saturated rings. The predicted molar refractivity (Wildman–Crippen MR) is 69.9 cm³/mol. The zero-order valence-corrected chi connectivity index (χ0v) is 9.81. The average molecular weight is 225 g/mol. The molecule has 0 saturated carbocycles. The van der Waals surface area contributed by atoms with Gasteiger partial charge in [-0.3, -0.25) is 4.79 Å². The second-order valence-electron chi connectivity index (χ2n) is 3.81. The SMILES string of the molecule is CCNC(=O)c1cccc(-c2ccccc2)c1. The minimum Gasteiger partial charge on any atom is -0.352 e. The second-order valence-corrected chi connectivity index (χ2v) is 3.81. The van der Waals surface area contributed by atoms with Gasteiger partial charge in [0.25, 0.3) is 5.91 Å². The summed E-state index contributed by atoms with van der Waals surface area (Å²) in [6.07, 6.45) is 0. The highest BCUT2D eigenvalue weighted by Crippen LogP contribution is 2.19. The fourth-order valence-corrected chi connectivity index (χ4v) is 1.73. The van der Waals surface area contributed by atoms with E-state index in [1.807, 2.05) is 61.5 Å². The van der Waals surface area contributed by atoms with Crippen LogP contribution in [0, 0.1) is 0 Å². The van der Waals surface area contributed by atoms with E-state index < -0.39 is 0 Å². The van der Waals surface area contributed by atoms with Crippen LogP contribution in [0.4, 0.5) is 0 Å². The fraction of sp³-hybridized carbons (Fsp3) is 0.133. The van der Waals surface area contributed by atoms with E-state index in [1.54, 1.807) is 0 Å². The van der Waals surface area contributed by atoms with Gasteiger partial charge in [-0.15, -0.1) is 0 Å². The normalized spacial score (nSPS) is 9.94. The number of carbonyl (C=O) groups is 1. The third-order valence-corrected chi connectivity index (χ3v) is 2.57. The molecule has 2 aromatic rings. The number of amides is 1. The highest BCUT2D eigenvalue weighted by molar-refractivity contribution is 5.95. The van der Waals surface area contributed by atoms with Crippen molar-refractivity contribution in [2.45, 2.75) is 6.92 Å². The molecule has 0 aliphatic heterocycles. The van der Waals surface area contributed by atoms with Crippen molar-refractivity contribution in [3.63, 3.8) is 0 Å². The molecule has 0 unspecified atom stereocenters.